The molecular weight excluding hydrogens is 310 g/mol. The van der Waals surface area contributed by atoms with Gasteiger partial charge in [0.2, 0.25) is 0 Å². The quantitative estimate of drug-likeness (QED) is 0.436. The fourth-order valence-corrected chi connectivity index (χ4v) is 2.73. The molecule has 2 aliphatic heterocycles. The Morgan fingerprint density at radius 3 is 1.82 bits per heavy atom. The summed E-state index contributed by atoms with van der Waals surface area (Å²) in [5.74, 6) is 0.850. The van der Waals surface area contributed by atoms with E-state index < -0.39 is 17.1 Å². The van der Waals surface area contributed by atoms with Gasteiger partial charge in [-0.1, -0.05) is 0 Å². The Bertz CT molecular complexity index is 662. The Hall–Kier alpha value is -1.32. The molecule has 0 radical (unpaired) electrons. The molecule has 0 aromatic carbocycles. The molecule has 3 heterocycles. The van der Waals surface area contributed by atoms with Gasteiger partial charge in [0.05, 0.1) is 38.5 Å². The van der Waals surface area contributed by atoms with Crippen LogP contribution >= 0.6 is 11.8 Å². The summed E-state index contributed by atoms with van der Waals surface area (Å²) in [5, 5.41) is 0. The van der Waals surface area contributed by atoms with Gasteiger partial charge in [-0.15, -0.1) is 0 Å². The van der Waals surface area contributed by atoms with Crippen molar-refractivity contribution in [3.05, 3.63) is 31.5 Å². The molecule has 2 atom stereocenters. The van der Waals surface area contributed by atoms with Gasteiger partial charge in [-0.25, -0.2) is 28.1 Å². The van der Waals surface area contributed by atoms with E-state index in [2.05, 4.69) is 0 Å². The summed E-state index contributed by atoms with van der Waals surface area (Å²) in [5.41, 5.74) is -1.65. The van der Waals surface area contributed by atoms with E-state index >= 15 is 0 Å². The Labute approximate surface area is 130 Å². The normalized spacial score (nSPS) is 22.8. The van der Waals surface area contributed by atoms with Gasteiger partial charge < -0.3 is 9.47 Å². The number of ether oxygens (including phenoxy) is 2. The molecule has 22 heavy (non-hydrogen) atoms. The predicted octanol–water partition coefficient (Wildman–Crippen LogP) is -1.28. The summed E-state index contributed by atoms with van der Waals surface area (Å²) in [7, 11) is 0. The largest absolute Gasteiger partial charge is 0.371 e. The van der Waals surface area contributed by atoms with Gasteiger partial charge in [0.1, 0.15) is 0 Å². The van der Waals surface area contributed by atoms with E-state index in [9.17, 15) is 14.4 Å². The summed E-state index contributed by atoms with van der Waals surface area (Å²) < 4.78 is 13.6. The summed E-state index contributed by atoms with van der Waals surface area (Å²) in [6, 6.07) is 0. The predicted molar refractivity (Wildman–Crippen MR) is 81.7 cm³/mol. The molecular formula is C13H19N3O5S. The first-order valence-corrected chi connectivity index (χ1v) is 8.68. The number of epoxide rings is 2. The van der Waals surface area contributed by atoms with Crippen LogP contribution in [0.25, 0.3) is 0 Å². The first-order valence-electron chi connectivity index (χ1n) is 7.28. The molecule has 1 aromatic rings. The van der Waals surface area contributed by atoms with Crippen molar-refractivity contribution in [2.75, 3.05) is 25.2 Å². The lowest BCUT2D eigenvalue weighted by molar-refractivity contribution is 0.340. The van der Waals surface area contributed by atoms with Crippen LogP contribution in [0.5, 0.6) is 0 Å². The van der Waals surface area contributed by atoms with Crippen molar-refractivity contribution >= 4 is 11.8 Å². The first-order chi connectivity index (χ1) is 10.6. The van der Waals surface area contributed by atoms with Gasteiger partial charge in [-0.2, -0.15) is 11.8 Å². The maximum atomic E-state index is 12.4. The zero-order chi connectivity index (χ0) is 15.7. The zero-order valence-electron chi connectivity index (χ0n) is 12.4. The van der Waals surface area contributed by atoms with E-state index in [-0.39, 0.29) is 25.3 Å². The van der Waals surface area contributed by atoms with Crippen LogP contribution in [0, 0.1) is 0 Å². The molecule has 2 unspecified atom stereocenters. The molecule has 2 aliphatic rings. The second kappa shape index (κ2) is 6.43. The zero-order valence-corrected chi connectivity index (χ0v) is 13.2. The minimum Gasteiger partial charge on any atom is -0.371 e. The molecule has 0 N–H and O–H groups in total. The first kappa shape index (κ1) is 15.6. The minimum atomic E-state index is -0.567. The van der Waals surface area contributed by atoms with Crippen LogP contribution in [0.4, 0.5) is 0 Å². The van der Waals surface area contributed by atoms with Gasteiger partial charge in [0.25, 0.3) is 0 Å². The summed E-state index contributed by atoms with van der Waals surface area (Å²) in [6.07, 6.45) is 2.46. The van der Waals surface area contributed by atoms with Crippen molar-refractivity contribution in [3.8, 4) is 0 Å². The molecule has 0 saturated carbocycles. The van der Waals surface area contributed by atoms with Crippen molar-refractivity contribution in [2.45, 2.75) is 38.3 Å². The van der Waals surface area contributed by atoms with E-state index in [1.807, 2.05) is 6.26 Å². The summed E-state index contributed by atoms with van der Waals surface area (Å²) in [6.45, 7) is 1.81. The van der Waals surface area contributed by atoms with Crippen LogP contribution in [-0.2, 0) is 29.1 Å². The van der Waals surface area contributed by atoms with Gasteiger partial charge in [-0.05, 0) is 18.4 Å². The highest BCUT2D eigenvalue weighted by Gasteiger charge is 2.29. The highest BCUT2D eigenvalue weighted by atomic mass is 32.2. The maximum absolute atomic E-state index is 12.4. The van der Waals surface area contributed by atoms with Gasteiger partial charge in [-0.3, -0.25) is 0 Å². The van der Waals surface area contributed by atoms with Crippen molar-refractivity contribution in [1.29, 1.82) is 0 Å². The fraction of sp³-hybridized carbons (Fsp3) is 0.769. The van der Waals surface area contributed by atoms with Crippen molar-refractivity contribution < 1.29 is 9.47 Å². The van der Waals surface area contributed by atoms with Crippen molar-refractivity contribution in [3.63, 3.8) is 0 Å². The molecule has 122 valence electrons. The number of aromatic nitrogens is 3. The average Bonchev–Trinajstić information content (AvgIpc) is 3.38. The summed E-state index contributed by atoms with van der Waals surface area (Å²) in [4.78, 5) is 37.3. The molecule has 0 amide bonds. The lowest BCUT2D eigenvalue weighted by Gasteiger charge is -2.12. The highest BCUT2D eigenvalue weighted by Crippen LogP contribution is 2.10. The Morgan fingerprint density at radius 2 is 1.41 bits per heavy atom. The van der Waals surface area contributed by atoms with Crippen LogP contribution in [0.15, 0.2) is 14.4 Å². The van der Waals surface area contributed by atoms with Gasteiger partial charge in [0, 0.05) is 6.54 Å². The molecule has 0 spiro atoms. The van der Waals surface area contributed by atoms with Crippen molar-refractivity contribution in [1.82, 2.24) is 13.7 Å². The average molecular weight is 329 g/mol. The molecule has 0 aliphatic carbocycles. The maximum Gasteiger partial charge on any atom is 0.336 e. The minimum absolute atomic E-state index is 0.104. The molecule has 0 bridgehead atoms. The van der Waals surface area contributed by atoms with E-state index in [0.717, 1.165) is 19.5 Å². The molecule has 2 saturated heterocycles. The summed E-state index contributed by atoms with van der Waals surface area (Å²) >= 11 is 1.65. The Morgan fingerprint density at radius 1 is 0.955 bits per heavy atom. The molecule has 2 fully saturated rings. The number of rotatable bonds is 8. The topological polar surface area (TPSA) is 91.1 Å². The third-order valence-corrected chi connectivity index (χ3v) is 4.39. The SMILES string of the molecule is CSCCCn1c(=O)n(CC2CO2)c(=O)n(CC2CO2)c1=O. The second-order valence-electron chi connectivity index (χ2n) is 5.48. The Balaban J connectivity index is 2.00. The van der Waals surface area contributed by atoms with Crippen LogP contribution in [0.3, 0.4) is 0 Å². The van der Waals surface area contributed by atoms with Crippen LogP contribution in [0.2, 0.25) is 0 Å². The monoisotopic (exact) mass is 329 g/mol. The van der Waals surface area contributed by atoms with Crippen LogP contribution in [0.1, 0.15) is 6.42 Å². The fourth-order valence-electron chi connectivity index (χ4n) is 2.31. The van der Waals surface area contributed by atoms with Crippen LogP contribution in [-0.4, -0.2) is 51.1 Å². The third kappa shape index (κ3) is 3.36. The highest BCUT2D eigenvalue weighted by molar-refractivity contribution is 7.98. The van der Waals surface area contributed by atoms with Crippen molar-refractivity contribution in [2.24, 2.45) is 0 Å². The Kier molecular flexibility index (Phi) is 4.55. The number of hydrogen-bond donors (Lipinski definition) is 0. The third-order valence-electron chi connectivity index (χ3n) is 3.69. The molecule has 9 heteroatoms. The standard InChI is InChI=1S/C13H19N3O5S/c1-22-4-2-3-14-11(17)15(5-9-7-20-9)13(19)16(12(14)18)6-10-8-21-10/h9-10H,2-8H2,1H3. The van der Waals surface area contributed by atoms with E-state index in [1.54, 1.807) is 11.8 Å². The lowest BCUT2D eigenvalue weighted by atomic mass is 10.4. The van der Waals surface area contributed by atoms with E-state index in [1.165, 1.54) is 0 Å². The molecule has 1 aromatic heterocycles. The van der Waals surface area contributed by atoms with E-state index in [4.69, 9.17) is 9.47 Å². The smallest absolute Gasteiger partial charge is 0.336 e. The number of thioether (sulfide) groups is 1. The number of hydrogen-bond acceptors (Lipinski definition) is 6. The van der Waals surface area contributed by atoms with Crippen LogP contribution < -0.4 is 17.1 Å². The van der Waals surface area contributed by atoms with E-state index in [0.29, 0.717) is 26.2 Å². The van der Waals surface area contributed by atoms with Gasteiger partial charge in [0.15, 0.2) is 0 Å². The lowest BCUT2D eigenvalue weighted by Crippen LogP contribution is -2.55. The number of nitrogens with zero attached hydrogens (tertiary/aromatic N) is 3. The van der Waals surface area contributed by atoms with Gasteiger partial charge >= 0.3 is 17.1 Å². The second-order valence-corrected chi connectivity index (χ2v) is 6.46. The molecule has 8 nitrogen and oxygen atoms in total. The molecule has 3 rings (SSSR count).